The molecule has 1 aliphatic heterocycles. The summed E-state index contributed by atoms with van der Waals surface area (Å²) < 4.78 is 24.2. The maximum atomic E-state index is 11.5. The average Bonchev–Trinajstić information content (AvgIpc) is 2.70. The van der Waals surface area contributed by atoms with Gasteiger partial charge in [0.2, 0.25) is 0 Å². The Kier molecular flexibility index (Phi) is 6.60. The lowest BCUT2D eigenvalue weighted by atomic mass is 9.90. The van der Waals surface area contributed by atoms with Gasteiger partial charge >= 0.3 is 0 Å². The molecule has 1 saturated heterocycles. The van der Waals surface area contributed by atoms with E-state index >= 15 is 0 Å². The van der Waals surface area contributed by atoms with Crippen LogP contribution in [-0.2, 0) is 11.1 Å². The maximum absolute atomic E-state index is 11.5. The Morgan fingerprint density at radius 3 is 2.03 bits per heavy atom. The van der Waals surface area contributed by atoms with Crippen molar-refractivity contribution in [2.45, 2.75) is 6.04 Å². The summed E-state index contributed by atoms with van der Waals surface area (Å²) in [5.74, 6) is 0.0601. The molecule has 0 aromatic heterocycles. The molecule has 0 amide bonds. The predicted molar refractivity (Wildman–Crippen MR) is 126 cm³/mol. The summed E-state index contributed by atoms with van der Waals surface area (Å²) in [6, 6.07) is 29.2. The van der Waals surface area contributed by atoms with Gasteiger partial charge in [-0.15, -0.1) is 0 Å². The first kappa shape index (κ1) is 20.5. The number of hydrogen-bond donors (Lipinski definition) is 0. The van der Waals surface area contributed by atoms with E-state index in [1.165, 1.54) is 16.7 Å². The molecule has 0 N–H and O–H groups in total. The second-order valence-electron chi connectivity index (χ2n) is 7.17. The summed E-state index contributed by atoms with van der Waals surface area (Å²) in [5.41, 5.74) is 5.65. The first-order chi connectivity index (χ1) is 14.1. The van der Waals surface area contributed by atoms with Gasteiger partial charge in [-0.2, -0.15) is 0 Å². The van der Waals surface area contributed by atoms with Gasteiger partial charge in [-0.05, 0) is 62.6 Å². The van der Waals surface area contributed by atoms with E-state index in [0.717, 1.165) is 27.8 Å². The minimum absolute atomic E-state index is 0.0601. The molecule has 0 bridgehead atoms. The van der Waals surface area contributed by atoms with Crippen LogP contribution in [0.15, 0.2) is 90.5 Å². The maximum Gasteiger partial charge on any atom is 0.0607 e. The highest BCUT2D eigenvalue weighted by Crippen LogP contribution is 2.37. The lowest BCUT2D eigenvalue weighted by Gasteiger charge is -2.42. The number of nitrogens with zero attached hydrogens (tertiary/aromatic N) is 1. The molecule has 0 saturated carbocycles. The molecule has 0 spiro atoms. The van der Waals surface area contributed by atoms with Gasteiger partial charge in [-0.3, -0.25) is 9.11 Å². The molecular weight excluding hydrogens is 493 g/mol. The second-order valence-corrected chi connectivity index (χ2v) is 9.31. The van der Waals surface area contributed by atoms with Crippen molar-refractivity contribution in [2.75, 3.05) is 18.8 Å². The van der Waals surface area contributed by atoms with Crippen LogP contribution in [0.5, 0.6) is 0 Å². The van der Waals surface area contributed by atoms with Crippen LogP contribution in [-0.4, -0.2) is 32.5 Å². The van der Waals surface area contributed by atoms with E-state index < -0.39 is 11.1 Å². The molecule has 0 radical (unpaired) electrons. The average molecular weight is 514 g/mol. The fourth-order valence-corrected chi connectivity index (χ4v) is 5.04. The SMILES string of the molecule is O=S([O-])CC(=C1CN(C(c2ccccc2)c2ccccc2)C1)c1cccc(I)c1. The third-order valence-corrected chi connectivity index (χ3v) is 6.44. The van der Waals surface area contributed by atoms with Crippen molar-refractivity contribution >= 4 is 39.2 Å². The fourth-order valence-electron chi connectivity index (χ4n) is 3.89. The van der Waals surface area contributed by atoms with Gasteiger partial charge in [0.1, 0.15) is 0 Å². The minimum Gasteiger partial charge on any atom is -0.772 e. The largest absolute Gasteiger partial charge is 0.772 e. The monoisotopic (exact) mass is 514 g/mol. The van der Waals surface area contributed by atoms with Crippen LogP contribution in [0.2, 0.25) is 0 Å². The Hall–Kier alpha value is -1.80. The summed E-state index contributed by atoms with van der Waals surface area (Å²) in [6.45, 7) is 1.54. The van der Waals surface area contributed by atoms with Crippen molar-refractivity contribution in [2.24, 2.45) is 0 Å². The Morgan fingerprint density at radius 2 is 1.52 bits per heavy atom. The van der Waals surface area contributed by atoms with E-state index in [0.29, 0.717) is 0 Å². The number of hydrogen-bond acceptors (Lipinski definition) is 3. The summed E-state index contributed by atoms with van der Waals surface area (Å²) >= 11 is 0.155. The van der Waals surface area contributed by atoms with E-state index in [1.54, 1.807) is 0 Å². The van der Waals surface area contributed by atoms with Crippen molar-refractivity contribution < 1.29 is 8.76 Å². The van der Waals surface area contributed by atoms with E-state index in [-0.39, 0.29) is 11.8 Å². The summed E-state index contributed by atoms with van der Waals surface area (Å²) in [4.78, 5) is 2.40. The van der Waals surface area contributed by atoms with Crippen LogP contribution < -0.4 is 0 Å². The zero-order valence-electron chi connectivity index (χ0n) is 15.8. The number of likely N-dealkylation sites (tertiary alicyclic amines) is 1. The smallest absolute Gasteiger partial charge is 0.0607 e. The summed E-state index contributed by atoms with van der Waals surface area (Å²) in [6.07, 6.45) is 0. The van der Waals surface area contributed by atoms with Gasteiger partial charge in [0.05, 0.1) is 6.04 Å². The molecule has 3 aromatic rings. The van der Waals surface area contributed by atoms with Crippen molar-refractivity contribution in [3.63, 3.8) is 0 Å². The predicted octanol–water partition coefficient (Wildman–Crippen LogP) is 5.03. The van der Waals surface area contributed by atoms with Crippen LogP contribution >= 0.6 is 22.6 Å². The fraction of sp³-hybridized carbons (Fsp3) is 0.167. The minimum atomic E-state index is -2.11. The number of benzene rings is 3. The lowest BCUT2D eigenvalue weighted by molar-refractivity contribution is 0.202. The second kappa shape index (κ2) is 9.34. The Bertz CT molecular complexity index is 990. The molecule has 1 unspecified atom stereocenters. The summed E-state index contributed by atoms with van der Waals surface area (Å²) in [7, 11) is 0. The van der Waals surface area contributed by atoms with Crippen LogP contribution in [0.4, 0.5) is 0 Å². The highest BCUT2D eigenvalue weighted by Gasteiger charge is 2.32. The van der Waals surface area contributed by atoms with Crippen LogP contribution in [0, 0.1) is 3.57 Å². The third kappa shape index (κ3) is 4.86. The zero-order valence-corrected chi connectivity index (χ0v) is 18.8. The lowest BCUT2D eigenvalue weighted by Crippen LogP contribution is -2.44. The van der Waals surface area contributed by atoms with E-state index in [9.17, 15) is 8.76 Å². The van der Waals surface area contributed by atoms with Crippen LogP contribution in [0.1, 0.15) is 22.7 Å². The Labute approximate surface area is 187 Å². The third-order valence-electron chi connectivity index (χ3n) is 5.25. The highest BCUT2D eigenvalue weighted by molar-refractivity contribution is 14.1. The first-order valence-electron chi connectivity index (χ1n) is 9.48. The van der Waals surface area contributed by atoms with Crippen molar-refractivity contribution in [1.82, 2.24) is 4.90 Å². The first-order valence-corrected chi connectivity index (χ1v) is 11.8. The molecule has 5 heteroatoms. The van der Waals surface area contributed by atoms with Crippen molar-refractivity contribution in [3.05, 3.63) is 111 Å². The molecule has 1 heterocycles. The van der Waals surface area contributed by atoms with Gasteiger partial charge < -0.3 is 4.55 Å². The van der Waals surface area contributed by atoms with Gasteiger partial charge in [-0.1, -0.05) is 83.9 Å². The molecule has 0 aliphatic carbocycles. The van der Waals surface area contributed by atoms with Crippen molar-refractivity contribution in [3.8, 4) is 0 Å². The molecule has 4 rings (SSSR count). The Morgan fingerprint density at radius 1 is 0.931 bits per heavy atom. The zero-order chi connectivity index (χ0) is 20.2. The summed E-state index contributed by atoms with van der Waals surface area (Å²) in [5, 5.41) is 0. The van der Waals surface area contributed by atoms with E-state index in [4.69, 9.17) is 0 Å². The van der Waals surface area contributed by atoms with Crippen molar-refractivity contribution in [1.29, 1.82) is 0 Å². The molecule has 1 fully saturated rings. The highest BCUT2D eigenvalue weighted by atomic mass is 127. The molecule has 1 aliphatic rings. The molecule has 148 valence electrons. The number of rotatable bonds is 6. The molecule has 3 aromatic carbocycles. The number of halogens is 1. The molecule has 3 nitrogen and oxygen atoms in total. The normalized spacial score (nSPS) is 15.2. The van der Waals surface area contributed by atoms with Gasteiger partial charge in [-0.25, -0.2) is 0 Å². The van der Waals surface area contributed by atoms with Gasteiger partial charge in [0.15, 0.2) is 0 Å². The van der Waals surface area contributed by atoms with Gasteiger partial charge in [0, 0.05) is 22.4 Å². The standard InChI is InChI=1S/C24H22INO2S/c25-22-13-7-12-20(14-22)23(17-29(27)28)21-15-26(16-21)24(18-8-3-1-4-9-18)19-10-5-2-6-11-19/h1-14,24H,15-17H2,(H,27,28)/p-1. The molecule has 1 atom stereocenters. The Balaban J connectivity index is 1.66. The van der Waals surface area contributed by atoms with Gasteiger partial charge in [0.25, 0.3) is 0 Å². The molecular formula is C24H21INO2S-. The molecule has 29 heavy (non-hydrogen) atoms. The quantitative estimate of drug-likeness (QED) is 0.343. The van der Waals surface area contributed by atoms with E-state index in [2.05, 4.69) is 82.1 Å². The van der Waals surface area contributed by atoms with Crippen LogP contribution in [0.25, 0.3) is 5.57 Å². The topological polar surface area (TPSA) is 43.4 Å². The van der Waals surface area contributed by atoms with Crippen LogP contribution in [0.3, 0.4) is 0 Å². The van der Waals surface area contributed by atoms with E-state index in [1.807, 2.05) is 30.3 Å².